The standard InChI is InChI=1S/C25H40O5/c1-17(14-23(28)30-20(15-26)16-29-19(3)27)8-10-21-18(2)9-11-22-24(4,5)12-7-13-25(21,22)6/h14,20-22,26H,2,7-13,15-16H2,1,3-6H3/t20-,21+,22+,25+/m0/s1. The molecule has 0 aromatic carbocycles. The second-order valence-corrected chi connectivity index (χ2v) is 10.2. The van der Waals surface area contributed by atoms with Crippen molar-refractivity contribution in [3.05, 3.63) is 23.8 Å². The summed E-state index contributed by atoms with van der Waals surface area (Å²) < 4.78 is 10.0. The number of ether oxygens (including phenoxy) is 2. The van der Waals surface area contributed by atoms with Gasteiger partial charge in [0.2, 0.25) is 0 Å². The number of allylic oxidation sites excluding steroid dienone is 2. The molecular weight excluding hydrogens is 380 g/mol. The van der Waals surface area contributed by atoms with Gasteiger partial charge in [0, 0.05) is 13.0 Å². The van der Waals surface area contributed by atoms with Gasteiger partial charge in [0.15, 0.2) is 6.10 Å². The molecule has 0 heterocycles. The van der Waals surface area contributed by atoms with Gasteiger partial charge in [0.1, 0.15) is 6.61 Å². The Labute approximate surface area is 181 Å². The zero-order chi connectivity index (χ0) is 22.5. The van der Waals surface area contributed by atoms with Gasteiger partial charge in [-0.2, -0.15) is 0 Å². The summed E-state index contributed by atoms with van der Waals surface area (Å²) in [4.78, 5) is 23.1. The van der Waals surface area contributed by atoms with Crippen LogP contribution in [0.5, 0.6) is 0 Å². The van der Waals surface area contributed by atoms with E-state index in [0.29, 0.717) is 11.3 Å². The highest BCUT2D eigenvalue weighted by molar-refractivity contribution is 5.82. The van der Waals surface area contributed by atoms with Crippen molar-refractivity contribution in [2.24, 2.45) is 22.7 Å². The molecule has 2 aliphatic rings. The van der Waals surface area contributed by atoms with Crippen LogP contribution in [-0.2, 0) is 19.1 Å². The Morgan fingerprint density at radius 2 is 1.97 bits per heavy atom. The molecule has 5 nitrogen and oxygen atoms in total. The van der Waals surface area contributed by atoms with Gasteiger partial charge >= 0.3 is 11.9 Å². The van der Waals surface area contributed by atoms with Gasteiger partial charge in [-0.05, 0) is 68.1 Å². The Hall–Kier alpha value is -1.62. The first-order valence-electron chi connectivity index (χ1n) is 11.3. The third-order valence-electron chi connectivity index (χ3n) is 7.47. The highest BCUT2D eigenvalue weighted by atomic mass is 16.6. The van der Waals surface area contributed by atoms with Crippen LogP contribution in [0.1, 0.15) is 79.6 Å². The van der Waals surface area contributed by atoms with E-state index in [1.807, 2.05) is 6.92 Å². The molecule has 0 aromatic heterocycles. The average Bonchev–Trinajstić information content (AvgIpc) is 2.63. The molecule has 30 heavy (non-hydrogen) atoms. The summed E-state index contributed by atoms with van der Waals surface area (Å²) in [5.41, 5.74) is 2.98. The maximum absolute atomic E-state index is 12.2. The lowest BCUT2D eigenvalue weighted by molar-refractivity contribution is -0.156. The highest BCUT2D eigenvalue weighted by Crippen LogP contribution is 2.61. The first-order chi connectivity index (χ1) is 14.0. The van der Waals surface area contributed by atoms with Crippen LogP contribution in [0.3, 0.4) is 0 Å². The predicted octanol–water partition coefficient (Wildman–Crippen LogP) is 4.98. The first kappa shape index (κ1) is 24.6. The quantitative estimate of drug-likeness (QED) is 0.341. The highest BCUT2D eigenvalue weighted by Gasteiger charge is 2.52. The molecule has 0 aliphatic heterocycles. The molecule has 4 atom stereocenters. The van der Waals surface area contributed by atoms with Gasteiger partial charge in [-0.3, -0.25) is 4.79 Å². The number of esters is 2. The van der Waals surface area contributed by atoms with E-state index in [2.05, 4.69) is 27.4 Å². The molecule has 0 unspecified atom stereocenters. The largest absolute Gasteiger partial charge is 0.462 e. The van der Waals surface area contributed by atoms with Crippen LogP contribution in [0, 0.1) is 22.7 Å². The zero-order valence-corrected chi connectivity index (χ0v) is 19.5. The maximum Gasteiger partial charge on any atom is 0.331 e. The normalized spacial score (nSPS) is 29.7. The fraction of sp³-hybridized carbons (Fsp3) is 0.760. The Morgan fingerprint density at radius 1 is 1.27 bits per heavy atom. The molecular formula is C25H40O5. The number of aliphatic hydroxyl groups excluding tert-OH is 1. The molecule has 2 aliphatic carbocycles. The number of hydrogen-bond acceptors (Lipinski definition) is 5. The molecule has 0 radical (unpaired) electrons. The summed E-state index contributed by atoms with van der Waals surface area (Å²) in [6.45, 7) is 14.4. The van der Waals surface area contributed by atoms with E-state index in [1.54, 1.807) is 0 Å². The van der Waals surface area contributed by atoms with Crippen LogP contribution in [0.2, 0.25) is 0 Å². The molecule has 0 amide bonds. The third-order valence-corrected chi connectivity index (χ3v) is 7.47. The Bertz CT molecular complexity index is 677. The summed E-state index contributed by atoms with van der Waals surface area (Å²) in [7, 11) is 0. The molecule has 0 aromatic rings. The molecule has 2 fully saturated rings. The summed E-state index contributed by atoms with van der Waals surface area (Å²) in [5, 5.41) is 9.31. The van der Waals surface area contributed by atoms with E-state index < -0.39 is 18.0 Å². The second-order valence-electron chi connectivity index (χ2n) is 10.2. The van der Waals surface area contributed by atoms with E-state index in [1.165, 1.54) is 44.3 Å². The Kier molecular flexibility index (Phi) is 8.32. The number of hydrogen-bond donors (Lipinski definition) is 1. The number of rotatable bonds is 8. The van der Waals surface area contributed by atoms with Crippen LogP contribution in [0.4, 0.5) is 0 Å². The first-order valence-corrected chi connectivity index (χ1v) is 11.3. The Balaban J connectivity index is 1.98. The van der Waals surface area contributed by atoms with Crippen LogP contribution in [0.15, 0.2) is 23.8 Å². The van der Waals surface area contributed by atoms with E-state index in [-0.39, 0.29) is 18.6 Å². The monoisotopic (exact) mass is 420 g/mol. The Morgan fingerprint density at radius 3 is 2.60 bits per heavy atom. The fourth-order valence-corrected chi connectivity index (χ4v) is 5.99. The average molecular weight is 421 g/mol. The summed E-state index contributed by atoms with van der Waals surface area (Å²) in [5.74, 6) is 0.213. The number of fused-ring (bicyclic) bond motifs is 1. The molecule has 5 heteroatoms. The fourth-order valence-electron chi connectivity index (χ4n) is 5.99. The maximum atomic E-state index is 12.2. The number of aliphatic hydroxyl groups is 1. The van der Waals surface area contributed by atoms with Crippen LogP contribution < -0.4 is 0 Å². The van der Waals surface area contributed by atoms with E-state index in [4.69, 9.17) is 9.47 Å². The van der Waals surface area contributed by atoms with Crippen molar-refractivity contribution in [3.8, 4) is 0 Å². The lowest BCUT2D eigenvalue weighted by Gasteiger charge is -2.58. The number of carbonyl (C=O) groups excluding carboxylic acids is 2. The molecule has 1 N–H and O–H groups in total. The molecule has 2 rings (SSSR count). The van der Waals surface area contributed by atoms with Crippen molar-refractivity contribution in [2.45, 2.75) is 85.7 Å². The van der Waals surface area contributed by atoms with Crippen molar-refractivity contribution in [2.75, 3.05) is 13.2 Å². The summed E-state index contributed by atoms with van der Waals surface area (Å²) >= 11 is 0. The lowest BCUT2D eigenvalue weighted by atomic mass is 9.47. The lowest BCUT2D eigenvalue weighted by Crippen LogP contribution is -2.49. The van der Waals surface area contributed by atoms with E-state index in [9.17, 15) is 14.7 Å². The van der Waals surface area contributed by atoms with E-state index in [0.717, 1.165) is 30.8 Å². The van der Waals surface area contributed by atoms with E-state index >= 15 is 0 Å². The van der Waals surface area contributed by atoms with Crippen molar-refractivity contribution in [1.29, 1.82) is 0 Å². The second kappa shape index (κ2) is 10.1. The molecule has 0 bridgehead atoms. The van der Waals surface area contributed by atoms with Gasteiger partial charge < -0.3 is 14.6 Å². The van der Waals surface area contributed by atoms with Gasteiger partial charge in [-0.25, -0.2) is 4.79 Å². The molecule has 0 spiro atoms. The minimum absolute atomic E-state index is 0.137. The molecule has 170 valence electrons. The van der Waals surface area contributed by atoms with Gasteiger partial charge in [-0.1, -0.05) is 44.9 Å². The third kappa shape index (κ3) is 5.96. The smallest absolute Gasteiger partial charge is 0.331 e. The van der Waals surface area contributed by atoms with Gasteiger partial charge in [0.05, 0.1) is 6.61 Å². The topological polar surface area (TPSA) is 72.8 Å². The zero-order valence-electron chi connectivity index (χ0n) is 19.5. The number of carbonyl (C=O) groups is 2. The van der Waals surface area contributed by atoms with Crippen molar-refractivity contribution in [3.63, 3.8) is 0 Å². The van der Waals surface area contributed by atoms with Gasteiger partial charge in [-0.15, -0.1) is 0 Å². The molecule has 2 saturated carbocycles. The van der Waals surface area contributed by atoms with Crippen LogP contribution in [0.25, 0.3) is 0 Å². The van der Waals surface area contributed by atoms with Crippen molar-refractivity contribution >= 4 is 11.9 Å². The molecule has 0 saturated heterocycles. The SMILES string of the molecule is C=C1CC[C@@H]2C(C)(C)CCC[C@]2(C)[C@@H]1CCC(C)=CC(=O)O[C@@H](CO)COC(C)=O. The van der Waals surface area contributed by atoms with Crippen molar-refractivity contribution in [1.82, 2.24) is 0 Å². The van der Waals surface area contributed by atoms with Crippen LogP contribution >= 0.6 is 0 Å². The minimum atomic E-state index is -0.840. The summed E-state index contributed by atoms with van der Waals surface area (Å²) in [6, 6.07) is 0. The van der Waals surface area contributed by atoms with Gasteiger partial charge in [0.25, 0.3) is 0 Å². The summed E-state index contributed by atoms with van der Waals surface area (Å²) in [6.07, 6.45) is 8.64. The predicted molar refractivity (Wildman–Crippen MR) is 118 cm³/mol. The van der Waals surface area contributed by atoms with Crippen molar-refractivity contribution < 1.29 is 24.2 Å². The van der Waals surface area contributed by atoms with Crippen LogP contribution in [-0.4, -0.2) is 36.4 Å². The minimum Gasteiger partial charge on any atom is -0.462 e.